The molecule has 0 bridgehead atoms. The third-order valence-electron chi connectivity index (χ3n) is 2.15. The average molecular weight is 235 g/mol. The van der Waals surface area contributed by atoms with Crippen molar-refractivity contribution in [1.82, 2.24) is 9.97 Å². The van der Waals surface area contributed by atoms with Crippen molar-refractivity contribution in [3.05, 3.63) is 42.1 Å². The van der Waals surface area contributed by atoms with Gasteiger partial charge in [-0.1, -0.05) is 0 Å². The molecule has 0 aliphatic carbocycles. The van der Waals surface area contributed by atoms with Gasteiger partial charge in [0.1, 0.15) is 11.6 Å². The van der Waals surface area contributed by atoms with Crippen LogP contribution in [0.1, 0.15) is 6.92 Å². The van der Waals surface area contributed by atoms with Crippen molar-refractivity contribution in [1.29, 1.82) is 0 Å². The van der Waals surface area contributed by atoms with Crippen molar-refractivity contribution < 1.29 is 8.78 Å². The third-order valence-corrected chi connectivity index (χ3v) is 2.15. The molecule has 0 aliphatic rings. The largest absolute Gasteiger partial charge is 0.354 e. The Bertz CT molecular complexity index is 509. The summed E-state index contributed by atoms with van der Waals surface area (Å²) in [6.07, 6.45) is 1.54. The zero-order valence-electron chi connectivity index (χ0n) is 9.24. The highest BCUT2D eigenvalue weighted by atomic mass is 19.1. The van der Waals surface area contributed by atoms with Gasteiger partial charge in [0.05, 0.1) is 5.69 Å². The molecule has 0 saturated heterocycles. The minimum Gasteiger partial charge on any atom is -0.354 e. The molecule has 0 spiro atoms. The van der Waals surface area contributed by atoms with Crippen LogP contribution in [0.15, 0.2) is 30.5 Å². The Labute approximate surface area is 97.5 Å². The molecule has 0 fully saturated rings. The van der Waals surface area contributed by atoms with Gasteiger partial charge in [-0.2, -0.15) is 0 Å². The molecule has 0 atom stereocenters. The molecule has 1 aromatic carbocycles. The molecule has 17 heavy (non-hydrogen) atoms. The first kappa shape index (κ1) is 11.4. The molecule has 1 aromatic heterocycles. The van der Waals surface area contributed by atoms with Crippen molar-refractivity contribution >= 4 is 5.95 Å². The molecule has 0 radical (unpaired) electrons. The molecule has 3 nitrogen and oxygen atoms in total. The summed E-state index contributed by atoms with van der Waals surface area (Å²) >= 11 is 0. The summed E-state index contributed by atoms with van der Waals surface area (Å²) in [5.74, 6) is -0.804. The molecule has 2 aromatic rings. The number of hydrogen-bond donors (Lipinski definition) is 1. The van der Waals surface area contributed by atoms with E-state index in [1.807, 2.05) is 6.92 Å². The van der Waals surface area contributed by atoms with Crippen LogP contribution in [0.3, 0.4) is 0 Å². The van der Waals surface area contributed by atoms with Gasteiger partial charge in [-0.05, 0) is 25.1 Å². The van der Waals surface area contributed by atoms with Crippen molar-refractivity contribution in [3.8, 4) is 11.3 Å². The Hall–Kier alpha value is -2.04. The first-order valence-electron chi connectivity index (χ1n) is 5.22. The first-order valence-corrected chi connectivity index (χ1v) is 5.22. The predicted octanol–water partition coefficient (Wildman–Crippen LogP) is 2.85. The Morgan fingerprint density at radius 2 is 1.88 bits per heavy atom. The highest BCUT2D eigenvalue weighted by Crippen LogP contribution is 2.20. The zero-order valence-corrected chi connectivity index (χ0v) is 9.24. The van der Waals surface area contributed by atoms with E-state index in [0.29, 0.717) is 23.8 Å². The summed E-state index contributed by atoms with van der Waals surface area (Å²) in [5.41, 5.74) is 0.874. The van der Waals surface area contributed by atoms with Crippen molar-refractivity contribution in [2.24, 2.45) is 0 Å². The van der Waals surface area contributed by atoms with E-state index in [-0.39, 0.29) is 0 Å². The van der Waals surface area contributed by atoms with Crippen molar-refractivity contribution in [2.75, 3.05) is 11.9 Å². The first-order chi connectivity index (χ1) is 8.19. The molecule has 88 valence electrons. The second-order valence-electron chi connectivity index (χ2n) is 3.45. The van der Waals surface area contributed by atoms with E-state index in [1.54, 1.807) is 12.3 Å². The number of aromatic nitrogens is 2. The summed E-state index contributed by atoms with van der Waals surface area (Å²) in [4.78, 5) is 8.15. The van der Waals surface area contributed by atoms with Crippen LogP contribution >= 0.6 is 0 Å². The fraction of sp³-hybridized carbons (Fsp3) is 0.167. The molecule has 0 aliphatic heterocycles. The maximum Gasteiger partial charge on any atom is 0.223 e. The van der Waals surface area contributed by atoms with E-state index in [4.69, 9.17) is 0 Å². The van der Waals surface area contributed by atoms with E-state index >= 15 is 0 Å². The number of nitrogens with zero attached hydrogens (tertiary/aromatic N) is 2. The van der Waals surface area contributed by atoms with Gasteiger partial charge < -0.3 is 5.32 Å². The predicted molar refractivity (Wildman–Crippen MR) is 61.5 cm³/mol. The lowest BCUT2D eigenvalue weighted by molar-refractivity contribution is 0.584. The Morgan fingerprint density at radius 3 is 2.53 bits per heavy atom. The number of benzene rings is 1. The molecule has 0 unspecified atom stereocenters. The summed E-state index contributed by atoms with van der Waals surface area (Å²) in [6.45, 7) is 2.60. The van der Waals surface area contributed by atoms with Crippen molar-refractivity contribution in [3.63, 3.8) is 0 Å². The zero-order chi connectivity index (χ0) is 12.3. The van der Waals surface area contributed by atoms with Crippen LogP contribution in [0.5, 0.6) is 0 Å². The fourth-order valence-corrected chi connectivity index (χ4v) is 1.46. The van der Waals surface area contributed by atoms with Gasteiger partial charge in [-0.3, -0.25) is 0 Å². The van der Waals surface area contributed by atoms with Gasteiger partial charge in [-0.25, -0.2) is 18.7 Å². The second kappa shape index (κ2) is 4.86. The third kappa shape index (κ3) is 2.75. The van der Waals surface area contributed by atoms with E-state index in [2.05, 4.69) is 15.3 Å². The Balaban J connectivity index is 2.41. The second-order valence-corrected chi connectivity index (χ2v) is 3.45. The maximum absolute atomic E-state index is 13.1. The number of nitrogens with one attached hydrogen (secondary N) is 1. The van der Waals surface area contributed by atoms with Crippen LogP contribution in [0.4, 0.5) is 14.7 Å². The Kier molecular flexibility index (Phi) is 3.27. The minimum absolute atomic E-state index is 0.393. The van der Waals surface area contributed by atoms with Gasteiger partial charge in [0.15, 0.2) is 0 Å². The number of anilines is 1. The lowest BCUT2D eigenvalue weighted by Gasteiger charge is -2.04. The quantitative estimate of drug-likeness (QED) is 0.888. The van der Waals surface area contributed by atoms with E-state index < -0.39 is 11.6 Å². The van der Waals surface area contributed by atoms with Crippen LogP contribution in [0, 0.1) is 11.6 Å². The standard InChI is InChI=1S/C12H11F2N3/c1-2-15-12-16-4-3-11(17-12)8-5-9(13)7-10(14)6-8/h3-7H,2H2,1H3,(H,15,16,17). The lowest BCUT2D eigenvalue weighted by atomic mass is 10.1. The summed E-state index contributed by atoms with van der Waals surface area (Å²) < 4.78 is 26.1. The van der Waals surface area contributed by atoms with Gasteiger partial charge >= 0.3 is 0 Å². The fourth-order valence-electron chi connectivity index (χ4n) is 1.46. The number of halogens is 2. The molecular formula is C12H11F2N3. The highest BCUT2D eigenvalue weighted by molar-refractivity contribution is 5.60. The van der Waals surface area contributed by atoms with Crippen molar-refractivity contribution in [2.45, 2.75) is 6.92 Å². The number of rotatable bonds is 3. The molecule has 1 heterocycles. The molecule has 2 rings (SSSR count). The molecule has 0 saturated carbocycles. The van der Waals surface area contributed by atoms with Crippen LogP contribution in [0.2, 0.25) is 0 Å². The Morgan fingerprint density at radius 1 is 1.18 bits per heavy atom. The van der Waals surface area contributed by atoms with Gasteiger partial charge in [-0.15, -0.1) is 0 Å². The summed E-state index contributed by atoms with van der Waals surface area (Å²) in [7, 11) is 0. The van der Waals surface area contributed by atoms with Crippen LogP contribution in [0.25, 0.3) is 11.3 Å². The minimum atomic E-state index is -0.622. The normalized spacial score (nSPS) is 10.3. The van der Waals surface area contributed by atoms with Crippen LogP contribution in [-0.2, 0) is 0 Å². The molecule has 5 heteroatoms. The molecule has 1 N–H and O–H groups in total. The topological polar surface area (TPSA) is 37.8 Å². The summed E-state index contributed by atoms with van der Waals surface area (Å²) in [5, 5.41) is 2.94. The van der Waals surface area contributed by atoms with E-state index in [1.165, 1.54) is 12.1 Å². The van der Waals surface area contributed by atoms with Crippen LogP contribution < -0.4 is 5.32 Å². The lowest BCUT2D eigenvalue weighted by Crippen LogP contribution is -2.02. The van der Waals surface area contributed by atoms with Gasteiger partial charge in [0.2, 0.25) is 5.95 Å². The monoisotopic (exact) mass is 235 g/mol. The van der Waals surface area contributed by atoms with Crippen LogP contribution in [-0.4, -0.2) is 16.5 Å². The SMILES string of the molecule is CCNc1nccc(-c2cc(F)cc(F)c2)n1. The van der Waals surface area contributed by atoms with E-state index in [9.17, 15) is 8.78 Å². The summed E-state index contributed by atoms with van der Waals surface area (Å²) in [6, 6.07) is 4.91. The molecular weight excluding hydrogens is 224 g/mol. The highest BCUT2D eigenvalue weighted by Gasteiger charge is 2.05. The van der Waals surface area contributed by atoms with Gasteiger partial charge in [0, 0.05) is 24.4 Å². The number of hydrogen-bond acceptors (Lipinski definition) is 3. The maximum atomic E-state index is 13.1. The van der Waals surface area contributed by atoms with E-state index in [0.717, 1.165) is 6.07 Å². The van der Waals surface area contributed by atoms with Gasteiger partial charge in [0.25, 0.3) is 0 Å². The smallest absolute Gasteiger partial charge is 0.223 e. The average Bonchev–Trinajstić information content (AvgIpc) is 2.28. The molecule has 0 amide bonds.